The third kappa shape index (κ3) is 1.66. The van der Waals surface area contributed by atoms with Crippen LogP contribution in [0, 0.1) is 5.92 Å². The molecule has 0 aromatic heterocycles. The van der Waals surface area contributed by atoms with Gasteiger partial charge in [-0.15, -0.1) is 0 Å². The molecule has 1 aromatic carbocycles. The molecular formula is C17H17NO. The fourth-order valence-electron chi connectivity index (χ4n) is 3.73. The van der Waals surface area contributed by atoms with Crippen LogP contribution >= 0.6 is 0 Å². The van der Waals surface area contributed by atoms with Crippen LogP contribution in [0.2, 0.25) is 0 Å². The third-order valence-electron chi connectivity index (χ3n) is 4.62. The zero-order valence-corrected chi connectivity index (χ0v) is 10.9. The second-order valence-electron chi connectivity index (χ2n) is 5.70. The largest absolute Gasteiger partial charge is 0.371 e. The quantitative estimate of drug-likeness (QED) is 0.764. The molecule has 0 unspecified atom stereocenters. The SMILES string of the molecule is O=C1C=C(c2ccccc2)C2=C(C1)C1CCN2CC1. The first-order valence-electron chi connectivity index (χ1n) is 7.11. The normalized spacial score (nSPS) is 22.6. The van der Waals surface area contributed by atoms with E-state index in [-0.39, 0.29) is 5.78 Å². The van der Waals surface area contributed by atoms with Gasteiger partial charge in [-0.1, -0.05) is 30.3 Å². The summed E-state index contributed by atoms with van der Waals surface area (Å²) in [4.78, 5) is 14.5. The fraction of sp³-hybridized carbons (Fsp3) is 0.353. The Morgan fingerprint density at radius 3 is 2.53 bits per heavy atom. The van der Waals surface area contributed by atoms with E-state index in [1.807, 2.05) is 24.3 Å². The van der Waals surface area contributed by atoms with Crippen LogP contribution in [0.4, 0.5) is 0 Å². The van der Waals surface area contributed by atoms with E-state index in [2.05, 4.69) is 17.0 Å². The minimum atomic E-state index is 0.270. The summed E-state index contributed by atoms with van der Waals surface area (Å²) in [6, 6.07) is 10.3. The molecule has 1 aliphatic carbocycles. The van der Waals surface area contributed by atoms with Gasteiger partial charge in [-0.05, 0) is 36.0 Å². The summed E-state index contributed by atoms with van der Waals surface area (Å²) in [5.41, 5.74) is 5.10. The van der Waals surface area contributed by atoms with Gasteiger partial charge >= 0.3 is 0 Å². The highest BCUT2D eigenvalue weighted by atomic mass is 16.1. The molecule has 3 heterocycles. The van der Waals surface area contributed by atoms with Gasteiger partial charge < -0.3 is 4.90 Å². The predicted molar refractivity (Wildman–Crippen MR) is 75.4 cm³/mol. The number of hydrogen-bond donors (Lipinski definition) is 0. The maximum atomic E-state index is 12.0. The van der Waals surface area contributed by atoms with E-state index in [0.29, 0.717) is 12.3 Å². The van der Waals surface area contributed by atoms with Crippen LogP contribution in [-0.2, 0) is 4.79 Å². The molecule has 0 radical (unpaired) electrons. The molecule has 0 saturated carbocycles. The Morgan fingerprint density at radius 1 is 1.05 bits per heavy atom. The van der Waals surface area contributed by atoms with Crippen LogP contribution in [0.3, 0.4) is 0 Å². The van der Waals surface area contributed by atoms with Crippen LogP contribution in [0.25, 0.3) is 5.57 Å². The van der Waals surface area contributed by atoms with Crippen LogP contribution in [0.1, 0.15) is 24.8 Å². The number of allylic oxidation sites excluding steroid dienone is 3. The topological polar surface area (TPSA) is 20.3 Å². The second kappa shape index (κ2) is 4.09. The van der Waals surface area contributed by atoms with Crippen LogP contribution in [-0.4, -0.2) is 23.8 Å². The van der Waals surface area contributed by atoms with Crippen LogP contribution < -0.4 is 0 Å². The average Bonchev–Trinajstić information content (AvgIpc) is 2.48. The predicted octanol–water partition coefficient (Wildman–Crippen LogP) is 3.02. The lowest BCUT2D eigenvalue weighted by molar-refractivity contribution is -0.114. The maximum Gasteiger partial charge on any atom is 0.160 e. The molecule has 5 rings (SSSR count). The molecule has 0 atom stereocenters. The highest BCUT2D eigenvalue weighted by Gasteiger charge is 2.37. The number of ketones is 1. The van der Waals surface area contributed by atoms with Crippen molar-refractivity contribution in [3.8, 4) is 0 Å². The third-order valence-corrected chi connectivity index (χ3v) is 4.62. The fourth-order valence-corrected chi connectivity index (χ4v) is 3.73. The molecule has 1 fully saturated rings. The highest BCUT2D eigenvalue weighted by molar-refractivity contribution is 6.04. The number of piperidine rings is 1. The van der Waals surface area contributed by atoms with Crippen LogP contribution in [0.15, 0.2) is 47.7 Å². The molecule has 96 valence electrons. The molecule has 0 N–H and O–H groups in total. The van der Waals surface area contributed by atoms with Crippen molar-refractivity contribution in [3.05, 3.63) is 53.2 Å². The van der Waals surface area contributed by atoms with E-state index < -0.39 is 0 Å². The van der Waals surface area contributed by atoms with Gasteiger partial charge in [0.05, 0.1) is 0 Å². The molecule has 2 bridgehead atoms. The Kier molecular flexibility index (Phi) is 2.37. The van der Waals surface area contributed by atoms with E-state index >= 15 is 0 Å². The molecule has 4 aliphatic rings. The van der Waals surface area contributed by atoms with Gasteiger partial charge in [-0.2, -0.15) is 0 Å². The van der Waals surface area contributed by atoms with E-state index in [1.165, 1.54) is 29.7 Å². The highest BCUT2D eigenvalue weighted by Crippen LogP contribution is 2.45. The van der Waals surface area contributed by atoms with Crippen molar-refractivity contribution in [2.24, 2.45) is 5.92 Å². The Bertz CT molecular complexity index is 589. The number of carbonyl (C=O) groups excluding carboxylic acids is 1. The molecule has 2 nitrogen and oxygen atoms in total. The summed E-state index contributed by atoms with van der Waals surface area (Å²) in [7, 11) is 0. The Hall–Kier alpha value is -1.83. The lowest BCUT2D eigenvalue weighted by atomic mass is 9.75. The van der Waals surface area contributed by atoms with E-state index in [0.717, 1.165) is 18.7 Å². The van der Waals surface area contributed by atoms with E-state index in [1.54, 1.807) is 0 Å². The van der Waals surface area contributed by atoms with Crippen molar-refractivity contribution >= 4 is 11.4 Å². The Morgan fingerprint density at radius 2 is 1.79 bits per heavy atom. The molecular weight excluding hydrogens is 234 g/mol. The molecule has 19 heavy (non-hydrogen) atoms. The van der Waals surface area contributed by atoms with E-state index in [4.69, 9.17) is 0 Å². The van der Waals surface area contributed by atoms with Crippen molar-refractivity contribution in [1.29, 1.82) is 0 Å². The van der Waals surface area contributed by atoms with Crippen molar-refractivity contribution in [1.82, 2.24) is 4.90 Å². The van der Waals surface area contributed by atoms with Gasteiger partial charge in [0.15, 0.2) is 5.78 Å². The summed E-state index contributed by atoms with van der Waals surface area (Å²) in [6.45, 7) is 2.31. The van der Waals surface area contributed by atoms with Crippen molar-refractivity contribution in [2.45, 2.75) is 19.3 Å². The van der Waals surface area contributed by atoms with Crippen molar-refractivity contribution in [2.75, 3.05) is 13.1 Å². The molecule has 0 amide bonds. The Labute approximate surface area is 113 Å². The number of rotatable bonds is 1. The molecule has 3 aliphatic heterocycles. The van der Waals surface area contributed by atoms with Crippen molar-refractivity contribution < 1.29 is 4.79 Å². The first-order chi connectivity index (χ1) is 9.33. The lowest BCUT2D eigenvalue weighted by Crippen LogP contribution is -2.42. The summed E-state index contributed by atoms with van der Waals surface area (Å²) in [5.74, 6) is 0.919. The van der Waals surface area contributed by atoms with Gasteiger partial charge in [-0.3, -0.25) is 4.79 Å². The molecule has 2 heteroatoms. The summed E-state index contributed by atoms with van der Waals surface area (Å²) >= 11 is 0. The zero-order chi connectivity index (χ0) is 12.8. The molecule has 1 saturated heterocycles. The first-order valence-corrected chi connectivity index (χ1v) is 7.11. The molecule has 1 aromatic rings. The average molecular weight is 251 g/mol. The standard InChI is InChI=1S/C17H17NO/c19-14-10-15(12-4-2-1-3-5-12)17-16(11-14)13-6-8-18(17)9-7-13/h1-5,10,13H,6-9,11H2. The minimum absolute atomic E-state index is 0.270. The monoisotopic (exact) mass is 251 g/mol. The van der Waals surface area contributed by atoms with Gasteiger partial charge in [0, 0.05) is 30.8 Å². The van der Waals surface area contributed by atoms with Gasteiger partial charge in [0.25, 0.3) is 0 Å². The summed E-state index contributed by atoms with van der Waals surface area (Å²) in [5, 5.41) is 0. The summed E-state index contributed by atoms with van der Waals surface area (Å²) < 4.78 is 0. The maximum absolute atomic E-state index is 12.0. The number of hydrogen-bond acceptors (Lipinski definition) is 2. The lowest BCUT2D eigenvalue weighted by Gasteiger charge is -2.46. The van der Waals surface area contributed by atoms with Crippen LogP contribution in [0.5, 0.6) is 0 Å². The van der Waals surface area contributed by atoms with Gasteiger partial charge in [0.1, 0.15) is 0 Å². The molecule has 0 spiro atoms. The number of carbonyl (C=O) groups is 1. The number of nitrogens with zero attached hydrogens (tertiary/aromatic N) is 1. The zero-order valence-electron chi connectivity index (χ0n) is 10.9. The van der Waals surface area contributed by atoms with Crippen molar-refractivity contribution in [3.63, 3.8) is 0 Å². The van der Waals surface area contributed by atoms with Gasteiger partial charge in [-0.25, -0.2) is 0 Å². The second-order valence-corrected chi connectivity index (χ2v) is 5.70. The first kappa shape index (κ1) is 11.0. The Balaban J connectivity index is 1.87. The number of benzene rings is 1. The van der Waals surface area contributed by atoms with E-state index in [9.17, 15) is 4.79 Å². The smallest absolute Gasteiger partial charge is 0.160 e. The minimum Gasteiger partial charge on any atom is -0.371 e. The summed E-state index contributed by atoms with van der Waals surface area (Å²) in [6.07, 6.45) is 4.96. The number of fused-ring (bicyclic) bond motifs is 2. The van der Waals surface area contributed by atoms with Gasteiger partial charge in [0.2, 0.25) is 0 Å².